The summed E-state index contributed by atoms with van der Waals surface area (Å²) in [6.45, 7) is 6.39. The van der Waals surface area contributed by atoms with E-state index in [0.717, 1.165) is 5.56 Å². The molecule has 4 nitrogen and oxygen atoms in total. The van der Waals surface area contributed by atoms with Crippen LogP contribution in [0.15, 0.2) is 23.1 Å². The smallest absolute Gasteiger partial charge is 0.261 e. The van der Waals surface area contributed by atoms with Crippen LogP contribution in [0.1, 0.15) is 29.8 Å². The van der Waals surface area contributed by atoms with Crippen LogP contribution in [-0.2, 0) is 9.05 Å². The van der Waals surface area contributed by atoms with Gasteiger partial charge in [0.2, 0.25) is 0 Å². The Labute approximate surface area is 118 Å². The van der Waals surface area contributed by atoms with E-state index >= 15 is 0 Å². The Balaban J connectivity index is 3.16. The molecule has 0 bridgehead atoms. The Morgan fingerprint density at radius 2 is 1.95 bits per heavy atom. The Morgan fingerprint density at radius 1 is 1.37 bits per heavy atom. The van der Waals surface area contributed by atoms with Gasteiger partial charge < -0.3 is 4.90 Å². The van der Waals surface area contributed by atoms with Crippen molar-refractivity contribution >= 4 is 25.6 Å². The molecule has 1 amide bonds. The molecule has 0 aliphatic rings. The third-order valence-electron chi connectivity index (χ3n) is 2.71. The molecular weight excluding hydrogens is 286 g/mol. The standard InChI is InChI=1S/C13H18ClNO3S/c1-9(2)8-15(4)13(16)12-7-11(19(14,17)18)6-5-10(12)3/h5-7,9H,8H2,1-4H3. The van der Waals surface area contributed by atoms with Crippen LogP contribution in [0.25, 0.3) is 0 Å². The maximum atomic E-state index is 12.3. The van der Waals surface area contributed by atoms with Crippen molar-refractivity contribution in [1.29, 1.82) is 0 Å². The van der Waals surface area contributed by atoms with Crippen molar-refractivity contribution in [2.75, 3.05) is 13.6 Å². The predicted molar refractivity (Wildman–Crippen MR) is 76.0 cm³/mol. The molecule has 0 radical (unpaired) electrons. The van der Waals surface area contributed by atoms with Gasteiger partial charge in [0, 0.05) is 29.8 Å². The molecule has 6 heteroatoms. The van der Waals surface area contributed by atoms with E-state index < -0.39 is 9.05 Å². The zero-order valence-corrected chi connectivity index (χ0v) is 13.0. The fourth-order valence-corrected chi connectivity index (χ4v) is 2.60. The molecule has 0 N–H and O–H groups in total. The van der Waals surface area contributed by atoms with Crippen LogP contribution < -0.4 is 0 Å². The van der Waals surface area contributed by atoms with Crippen LogP contribution in [-0.4, -0.2) is 32.8 Å². The van der Waals surface area contributed by atoms with Gasteiger partial charge in [-0.2, -0.15) is 0 Å². The van der Waals surface area contributed by atoms with Gasteiger partial charge >= 0.3 is 0 Å². The molecule has 0 aromatic heterocycles. The quantitative estimate of drug-likeness (QED) is 0.804. The van der Waals surface area contributed by atoms with Crippen LogP contribution >= 0.6 is 10.7 Å². The van der Waals surface area contributed by atoms with Crippen molar-refractivity contribution in [2.45, 2.75) is 25.7 Å². The molecule has 0 heterocycles. The lowest BCUT2D eigenvalue weighted by molar-refractivity contribution is 0.0778. The number of benzene rings is 1. The number of amides is 1. The molecule has 0 atom stereocenters. The van der Waals surface area contributed by atoms with Crippen LogP contribution in [0.5, 0.6) is 0 Å². The molecule has 0 aliphatic heterocycles. The van der Waals surface area contributed by atoms with E-state index in [0.29, 0.717) is 18.0 Å². The molecular formula is C13H18ClNO3S. The second-order valence-electron chi connectivity index (χ2n) is 4.99. The highest BCUT2D eigenvalue weighted by Crippen LogP contribution is 2.20. The third-order valence-corrected chi connectivity index (χ3v) is 4.06. The van der Waals surface area contributed by atoms with Gasteiger partial charge in [-0.25, -0.2) is 8.42 Å². The van der Waals surface area contributed by atoms with Gasteiger partial charge in [0.15, 0.2) is 0 Å². The fraction of sp³-hybridized carbons (Fsp3) is 0.462. The van der Waals surface area contributed by atoms with Crippen LogP contribution in [0, 0.1) is 12.8 Å². The first-order valence-electron chi connectivity index (χ1n) is 5.93. The number of carbonyl (C=O) groups is 1. The van der Waals surface area contributed by atoms with Gasteiger partial charge in [0.1, 0.15) is 0 Å². The van der Waals surface area contributed by atoms with E-state index in [4.69, 9.17) is 10.7 Å². The fourth-order valence-electron chi connectivity index (χ4n) is 1.82. The summed E-state index contributed by atoms with van der Waals surface area (Å²) in [5, 5.41) is 0. The van der Waals surface area contributed by atoms with Crippen LogP contribution in [0.2, 0.25) is 0 Å². The maximum absolute atomic E-state index is 12.3. The average molecular weight is 304 g/mol. The van der Waals surface area contributed by atoms with E-state index in [9.17, 15) is 13.2 Å². The highest BCUT2D eigenvalue weighted by molar-refractivity contribution is 8.13. The number of carbonyl (C=O) groups excluding carboxylic acids is 1. The average Bonchev–Trinajstić information content (AvgIpc) is 2.26. The molecule has 0 unspecified atom stereocenters. The molecule has 1 aromatic carbocycles. The molecule has 0 saturated heterocycles. The summed E-state index contributed by atoms with van der Waals surface area (Å²) < 4.78 is 22.6. The summed E-state index contributed by atoms with van der Waals surface area (Å²) in [5.74, 6) is 0.141. The Hall–Kier alpha value is -1.07. The van der Waals surface area contributed by atoms with E-state index in [2.05, 4.69) is 0 Å². The van der Waals surface area contributed by atoms with Crippen molar-refractivity contribution in [3.05, 3.63) is 29.3 Å². The Kier molecular flexibility index (Phi) is 4.98. The number of nitrogens with zero attached hydrogens (tertiary/aromatic N) is 1. The lowest BCUT2D eigenvalue weighted by Gasteiger charge is -2.20. The van der Waals surface area contributed by atoms with Crippen molar-refractivity contribution in [2.24, 2.45) is 5.92 Å². The minimum absolute atomic E-state index is 0.0546. The first-order valence-corrected chi connectivity index (χ1v) is 8.24. The zero-order chi connectivity index (χ0) is 14.8. The van der Waals surface area contributed by atoms with Crippen LogP contribution in [0.3, 0.4) is 0 Å². The molecule has 0 aliphatic carbocycles. The normalized spacial score (nSPS) is 11.7. The topological polar surface area (TPSA) is 54.5 Å². The largest absolute Gasteiger partial charge is 0.341 e. The minimum atomic E-state index is -3.82. The minimum Gasteiger partial charge on any atom is -0.341 e. The number of aryl methyl sites for hydroxylation is 1. The summed E-state index contributed by atoms with van der Waals surface area (Å²) in [6, 6.07) is 4.32. The first-order chi connectivity index (χ1) is 8.62. The predicted octanol–water partition coefficient (Wildman–Crippen LogP) is 2.65. The van der Waals surface area contributed by atoms with Gasteiger partial charge in [0.25, 0.3) is 15.0 Å². The van der Waals surface area contributed by atoms with Gasteiger partial charge in [-0.1, -0.05) is 19.9 Å². The molecule has 1 rings (SSSR count). The summed E-state index contributed by atoms with van der Waals surface area (Å²) in [6.07, 6.45) is 0. The summed E-state index contributed by atoms with van der Waals surface area (Å²) in [7, 11) is 3.17. The van der Waals surface area contributed by atoms with Crippen molar-refractivity contribution in [3.8, 4) is 0 Å². The van der Waals surface area contributed by atoms with Gasteiger partial charge in [-0.15, -0.1) is 0 Å². The third kappa shape index (κ3) is 4.21. The number of halogens is 1. The van der Waals surface area contributed by atoms with Crippen molar-refractivity contribution in [1.82, 2.24) is 4.90 Å². The second-order valence-corrected chi connectivity index (χ2v) is 7.56. The SMILES string of the molecule is Cc1ccc(S(=O)(=O)Cl)cc1C(=O)N(C)CC(C)C. The maximum Gasteiger partial charge on any atom is 0.261 e. The molecule has 1 aromatic rings. The highest BCUT2D eigenvalue weighted by atomic mass is 35.7. The Morgan fingerprint density at radius 3 is 2.42 bits per heavy atom. The summed E-state index contributed by atoms with van der Waals surface area (Å²) >= 11 is 0. The zero-order valence-electron chi connectivity index (χ0n) is 11.5. The van der Waals surface area contributed by atoms with Crippen molar-refractivity contribution in [3.63, 3.8) is 0 Å². The van der Waals surface area contributed by atoms with Crippen LogP contribution in [0.4, 0.5) is 0 Å². The van der Waals surface area contributed by atoms with Gasteiger partial charge in [-0.3, -0.25) is 4.79 Å². The molecule has 0 spiro atoms. The summed E-state index contributed by atoms with van der Waals surface area (Å²) in [5.41, 5.74) is 1.09. The molecule has 106 valence electrons. The van der Waals surface area contributed by atoms with Gasteiger partial charge in [-0.05, 0) is 30.5 Å². The van der Waals surface area contributed by atoms with Gasteiger partial charge in [0.05, 0.1) is 4.90 Å². The lowest BCUT2D eigenvalue weighted by Crippen LogP contribution is -2.30. The number of hydrogen-bond acceptors (Lipinski definition) is 3. The Bertz CT molecular complexity index is 582. The van der Waals surface area contributed by atoms with E-state index in [1.807, 2.05) is 13.8 Å². The second kappa shape index (κ2) is 5.92. The molecule has 0 saturated carbocycles. The van der Waals surface area contributed by atoms with E-state index in [1.165, 1.54) is 12.1 Å². The summed E-state index contributed by atoms with van der Waals surface area (Å²) in [4.78, 5) is 13.8. The van der Waals surface area contributed by atoms with E-state index in [-0.39, 0.29) is 10.8 Å². The highest BCUT2D eigenvalue weighted by Gasteiger charge is 2.18. The van der Waals surface area contributed by atoms with E-state index in [1.54, 1.807) is 24.9 Å². The number of hydrogen-bond donors (Lipinski definition) is 0. The monoisotopic (exact) mass is 303 g/mol. The first kappa shape index (κ1) is 16.0. The molecule has 19 heavy (non-hydrogen) atoms. The lowest BCUT2D eigenvalue weighted by atomic mass is 10.1. The molecule has 0 fully saturated rings. The number of rotatable bonds is 4. The van der Waals surface area contributed by atoms with Crippen molar-refractivity contribution < 1.29 is 13.2 Å².